The molecular formula is C18H24N2O3. The molecule has 1 fully saturated rings. The summed E-state index contributed by atoms with van der Waals surface area (Å²) in [6.45, 7) is 6.74. The van der Waals surface area contributed by atoms with E-state index in [0.717, 1.165) is 17.7 Å². The molecular weight excluding hydrogens is 292 g/mol. The van der Waals surface area contributed by atoms with E-state index in [1.807, 2.05) is 30.3 Å². The van der Waals surface area contributed by atoms with Crippen molar-refractivity contribution in [2.45, 2.75) is 20.3 Å². The molecule has 5 heteroatoms. The van der Waals surface area contributed by atoms with Crippen LogP contribution in [0.5, 0.6) is 5.75 Å². The molecule has 23 heavy (non-hydrogen) atoms. The van der Waals surface area contributed by atoms with Crippen LogP contribution in [-0.2, 0) is 9.59 Å². The highest BCUT2D eigenvalue weighted by Gasteiger charge is 2.20. The average molecular weight is 316 g/mol. The Kier molecular flexibility index (Phi) is 6.20. The summed E-state index contributed by atoms with van der Waals surface area (Å²) in [6.07, 6.45) is 4.38. The molecule has 0 aliphatic carbocycles. The third kappa shape index (κ3) is 5.13. The lowest BCUT2D eigenvalue weighted by molar-refractivity contribution is -0.135. The van der Waals surface area contributed by atoms with Crippen LogP contribution in [0.25, 0.3) is 6.08 Å². The molecule has 2 amide bonds. The van der Waals surface area contributed by atoms with Gasteiger partial charge in [0, 0.05) is 39.2 Å². The molecule has 1 aromatic rings. The minimum atomic E-state index is -0.0143. The van der Waals surface area contributed by atoms with Crippen molar-refractivity contribution >= 4 is 17.9 Å². The number of hydrogen-bond acceptors (Lipinski definition) is 3. The Morgan fingerprint density at radius 1 is 1.09 bits per heavy atom. The summed E-state index contributed by atoms with van der Waals surface area (Å²) in [5, 5.41) is 0. The van der Waals surface area contributed by atoms with Gasteiger partial charge in [0.2, 0.25) is 11.8 Å². The lowest BCUT2D eigenvalue weighted by Gasteiger charge is -2.33. The topological polar surface area (TPSA) is 49.9 Å². The molecule has 1 aliphatic rings. The van der Waals surface area contributed by atoms with E-state index >= 15 is 0 Å². The Hall–Kier alpha value is -2.30. The van der Waals surface area contributed by atoms with Gasteiger partial charge in [-0.1, -0.05) is 19.1 Å². The normalized spacial score (nSPS) is 15.0. The van der Waals surface area contributed by atoms with Crippen molar-refractivity contribution in [3.05, 3.63) is 35.9 Å². The fourth-order valence-electron chi connectivity index (χ4n) is 2.41. The van der Waals surface area contributed by atoms with Crippen LogP contribution in [0.3, 0.4) is 0 Å². The zero-order valence-corrected chi connectivity index (χ0v) is 13.8. The molecule has 0 spiro atoms. The van der Waals surface area contributed by atoms with Crippen LogP contribution in [-0.4, -0.2) is 54.4 Å². The number of piperazine rings is 1. The molecule has 0 N–H and O–H groups in total. The summed E-state index contributed by atoms with van der Waals surface area (Å²) >= 11 is 0. The van der Waals surface area contributed by atoms with Crippen LogP contribution in [0.15, 0.2) is 30.3 Å². The van der Waals surface area contributed by atoms with Crippen molar-refractivity contribution in [1.29, 1.82) is 0 Å². The molecule has 1 aromatic carbocycles. The van der Waals surface area contributed by atoms with Crippen molar-refractivity contribution in [1.82, 2.24) is 9.80 Å². The second kappa shape index (κ2) is 8.36. The molecule has 0 radical (unpaired) electrons. The van der Waals surface area contributed by atoms with E-state index in [4.69, 9.17) is 4.74 Å². The fourth-order valence-corrected chi connectivity index (χ4v) is 2.41. The van der Waals surface area contributed by atoms with E-state index < -0.39 is 0 Å². The summed E-state index contributed by atoms with van der Waals surface area (Å²) in [5.41, 5.74) is 0.963. The first-order valence-electron chi connectivity index (χ1n) is 8.05. The molecule has 0 saturated carbocycles. The first-order valence-corrected chi connectivity index (χ1v) is 8.05. The minimum absolute atomic E-state index is 0.0143. The monoisotopic (exact) mass is 316 g/mol. The number of hydrogen-bond donors (Lipinski definition) is 0. The van der Waals surface area contributed by atoms with E-state index in [2.05, 4.69) is 6.92 Å². The summed E-state index contributed by atoms with van der Waals surface area (Å²) in [7, 11) is 0. The molecule has 2 rings (SSSR count). The third-order valence-electron chi connectivity index (χ3n) is 3.81. The fraction of sp³-hybridized carbons (Fsp3) is 0.444. The molecule has 0 aromatic heterocycles. The highest BCUT2D eigenvalue weighted by molar-refractivity contribution is 5.92. The largest absolute Gasteiger partial charge is 0.494 e. The first-order chi connectivity index (χ1) is 11.1. The van der Waals surface area contributed by atoms with E-state index in [0.29, 0.717) is 32.8 Å². The average Bonchev–Trinajstić information content (AvgIpc) is 2.58. The van der Waals surface area contributed by atoms with Crippen LogP contribution < -0.4 is 4.74 Å². The maximum Gasteiger partial charge on any atom is 0.246 e. The lowest BCUT2D eigenvalue weighted by Crippen LogP contribution is -2.49. The van der Waals surface area contributed by atoms with Gasteiger partial charge in [-0.05, 0) is 30.2 Å². The van der Waals surface area contributed by atoms with E-state index in [1.54, 1.807) is 22.8 Å². The second-order valence-electron chi connectivity index (χ2n) is 5.58. The van der Waals surface area contributed by atoms with Crippen LogP contribution in [0, 0.1) is 0 Å². The summed E-state index contributed by atoms with van der Waals surface area (Å²) in [4.78, 5) is 27.0. The molecule has 1 aliphatic heterocycles. The maximum absolute atomic E-state index is 12.2. The number of rotatable bonds is 5. The quantitative estimate of drug-likeness (QED) is 0.782. The molecule has 0 atom stereocenters. The number of carbonyl (C=O) groups excluding carboxylic acids is 2. The van der Waals surface area contributed by atoms with Gasteiger partial charge in [-0.15, -0.1) is 0 Å². The predicted octanol–water partition coefficient (Wildman–Crippen LogP) is 2.18. The van der Waals surface area contributed by atoms with Gasteiger partial charge in [0.1, 0.15) is 5.75 Å². The molecule has 5 nitrogen and oxygen atoms in total. The highest BCUT2D eigenvalue weighted by Crippen LogP contribution is 2.13. The molecule has 0 bridgehead atoms. The number of nitrogens with zero attached hydrogens (tertiary/aromatic N) is 2. The Balaban J connectivity index is 1.85. The number of amides is 2. The van der Waals surface area contributed by atoms with Crippen molar-refractivity contribution in [3.63, 3.8) is 0 Å². The van der Waals surface area contributed by atoms with Gasteiger partial charge in [0.05, 0.1) is 6.61 Å². The summed E-state index contributed by atoms with van der Waals surface area (Å²) < 4.78 is 5.53. The standard InChI is InChI=1S/C18H24N2O3/c1-3-14-23-17-7-4-16(5-8-17)6-9-18(22)20-12-10-19(11-13-20)15(2)21/h4-9H,3,10-14H2,1-2H3/b9-6+. The van der Waals surface area contributed by atoms with Crippen LogP contribution in [0.2, 0.25) is 0 Å². The highest BCUT2D eigenvalue weighted by atomic mass is 16.5. The molecule has 124 valence electrons. The van der Waals surface area contributed by atoms with Crippen molar-refractivity contribution in [2.75, 3.05) is 32.8 Å². The number of carbonyl (C=O) groups is 2. The number of benzene rings is 1. The van der Waals surface area contributed by atoms with Crippen molar-refractivity contribution < 1.29 is 14.3 Å². The minimum Gasteiger partial charge on any atom is -0.494 e. The second-order valence-corrected chi connectivity index (χ2v) is 5.58. The van der Waals surface area contributed by atoms with E-state index in [1.165, 1.54) is 0 Å². The zero-order chi connectivity index (χ0) is 16.7. The van der Waals surface area contributed by atoms with Crippen molar-refractivity contribution in [3.8, 4) is 5.75 Å². The van der Waals surface area contributed by atoms with Crippen LogP contribution >= 0.6 is 0 Å². The Morgan fingerprint density at radius 3 is 2.26 bits per heavy atom. The Morgan fingerprint density at radius 2 is 1.70 bits per heavy atom. The van der Waals surface area contributed by atoms with Gasteiger partial charge in [-0.2, -0.15) is 0 Å². The zero-order valence-electron chi connectivity index (χ0n) is 13.8. The SMILES string of the molecule is CCCOc1ccc(/C=C/C(=O)N2CCN(C(C)=O)CC2)cc1. The summed E-state index contributed by atoms with van der Waals surface area (Å²) in [5.74, 6) is 0.896. The van der Waals surface area contributed by atoms with Crippen molar-refractivity contribution in [2.24, 2.45) is 0 Å². The van der Waals surface area contributed by atoms with Gasteiger partial charge in [-0.3, -0.25) is 9.59 Å². The summed E-state index contributed by atoms with van der Waals surface area (Å²) in [6, 6.07) is 7.68. The van der Waals surface area contributed by atoms with Crippen LogP contribution in [0.1, 0.15) is 25.8 Å². The number of ether oxygens (including phenoxy) is 1. The van der Waals surface area contributed by atoms with Gasteiger partial charge in [-0.25, -0.2) is 0 Å². The Labute approximate surface area is 137 Å². The smallest absolute Gasteiger partial charge is 0.246 e. The van der Waals surface area contributed by atoms with Crippen LogP contribution in [0.4, 0.5) is 0 Å². The van der Waals surface area contributed by atoms with E-state index in [-0.39, 0.29) is 11.8 Å². The van der Waals surface area contributed by atoms with Gasteiger partial charge >= 0.3 is 0 Å². The maximum atomic E-state index is 12.2. The van der Waals surface area contributed by atoms with Gasteiger partial charge in [0.25, 0.3) is 0 Å². The lowest BCUT2D eigenvalue weighted by atomic mass is 10.2. The van der Waals surface area contributed by atoms with Gasteiger partial charge in [0.15, 0.2) is 0 Å². The van der Waals surface area contributed by atoms with Gasteiger partial charge < -0.3 is 14.5 Å². The third-order valence-corrected chi connectivity index (χ3v) is 3.81. The Bertz CT molecular complexity index is 558. The molecule has 1 saturated heterocycles. The van der Waals surface area contributed by atoms with E-state index in [9.17, 15) is 9.59 Å². The first kappa shape index (κ1) is 17.1. The molecule has 1 heterocycles. The predicted molar refractivity (Wildman–Crippen MR) is 90.1 cm³/mol. The molecule has 0 unspecified atom stereocenters.